The molecular formula is C24H16BrClN2O3S2. The van der Waals surface area contributed by atoms with Gasteiger partial charge in [-0.25, -0.2) is 0 Å². The molecule has 0 aromatic heterocycles. The van der Waals surface area contributed by atoms with Gasteiger partial charge in [0.15, 0.2) is 4.32 Å². The van der Waals surface area contributed by atoms with E-state index in [4.69, 9.17) is 28.6 Å². The van der Waals surface area contributed by atoms with Crippen LogP contribution < -0.4 is 10.2 Å². The van der Waals surface area contributed by atoms with Gasteiger partial charge in [-0.15, -0.1) is 0 Å². The second-order valence-corrected chi connectivity index (χ2v) is 9.98. The molecule has 1 aliphatic rings. The molecule has 0 bridgehead atoms. The Morgan fingerprint density at radius 2 is 1.73 bits per heavy atom. The lowest BCUT2D eigenvalue weighted by atomic mass is 10.2. The van der Waals surface area contributed by atoms with Crippen LogP contribution in [0.4, 0.5) is 0 Å². The van der Waals surface area contributed by atoms with Gasteiger partial charge >= 0.3 is 0 Å². The van der Waals surface area contributed by atoms with Crippen LogP contribution in [-0.2, 0) is 11.4 Å². The van der Waals surface area contributed by atoms with Gasteiger partial charge in [0.2, 0.25) is 0 Å². The Hall–Kier alpha value is -2.65. The van der Waals surface area contributed by atoms with Crippen molar-refractivity contribution in [1.29, 1.82) is 0 Å². The van der Waals surface area contributed by atoms with Crippen molar-refractivity contribution in [3.05, 3.63) is 104 Å². The van der Waals surface area contributed by atoms with E-state index < -0.39 is 5.91 Å². The third kappa shape index (κ3) is 6.03. The zero-order valence-corrected chi connectivity index (χ0v) is 20.9. The molecule has 5 nitrogen and oxygen atoms in total. The first kappa shape index (κ1) is 23.5. The third-order valence-corrected chi connectivity index (χ3v) is 6.69. The summed E-state index contributed by atoms with van der Waals surface area (Å²) in [6, 6.07) is 21.6. The lowest BCUT2D eigenvalue weighted by Crippen LogP contribution is -2.44. The average molecular weight is 560 g/mol. The van der Waals surface area contributed by atoms with Crippen molar-refractivity contribution in [2.75, 3.05) is 0 Å². The van der Waals surface area contributed by atoms with Crippen molar-refractivity contribution in [3.63, 3.8) is 0 Å². The predicted octanol–water partition coefficient (Wildman–Crippen LogP) is 6.23. The molecule has 3 aromatic rings. The average Bonchev–Trinajstić information content (AvgIpc) is 3.07. The number of nitrogens with one attached hydrogen (secondary N) is 1. The summed E-state index contributed by atoms with van der Waals surface area (Å²) < 4.78 is 6.91. The topological polar surface area (TPSA) is 58.6 Å². The number of hydrogen-bond acceptors (Lipinski definition) is 5. The number of hydrazine groups is 1. The van der Waals surface area contributed by atoms with Gasteiger partial charge in [-0.05, 0) is 78.0 Å². The number of carbonyl (C=O) groups excluding carboxylic acids is 2. The Morgan fingerprint density at radius 1 is 1.06 bits per heavy atom. The van der Waals surface area contributed by atoms with Gasteiger partial charge in [0.25, 0.3) is 11.8 Å². The summed E-state index contributed by atoms with van der Waals surface area (Å²) in [7, 11) is 0. The van der Waals surface area contributed by atoms with E-state index in [2.05, 4.69) is 21.4 Å². The van der Waals surface area contributed by atoms with E-state index in [-0.39, 0.29) is 10.2 Å². The number of ether oxygens (including phenoxy) is 1. The fourth-order valence-corrected chi connectivity index (χ4v) is 4.46. The molecule has 1 heterocycles. The van der Waals surface area contributed by atoms with Crippen LogP contribution in [0.2, 0.25) is 5.02 Å². The van der Waals surface area contributed by atoms with E-state index in [1.54, 1.807) is 30.3 Å². The molecule has 2 amide bonds. The highest BCUT2D eigenvalue weighted by Crippen LogP contribution is 2.32. The molecule has 166 valence electrons. The van der Waals surface area contributed by atoms with Gasteiger partial charge in [0, 0.05) is 15.1 Å². The summed E-state index contributed by atoms with van der Waals surface area (Å²) in [5.74, 6) is -0.0859. The number of thioether (sulfide) groups is 1. The summed E-state index contributed by atoms with van der Waals surface area (Å²) in [6.07, 6.45) is 1.73. The van der Waals surface area contributed by atoms with Crippen LogP contribution in [0.1, 0.15) is 21.5 Å². The molecule has 33 heavy (non-hydrogen) atoms. The highest BCUT2D eigenvalue weighted by molar-refractivity contribution is 9.10. The van der Waals surface area contributed by atoms with Gasteiger partial charge in [-0.1, -0.05) is 63.6 Å². The second-order valence-electron chi connectivity index (χ2n) is 6.95. The molecule has 1 aliphatic heterocycles. The fraction of sp³-hybridized carbons (Fsp3) is 0.0417. The maximum Gasteiger partial charge on any atom is 0.285 e. The minimum absolute atomic E-state index is 0.264. The van der Waals surface area contributed by atoms with E-state index >= 15 is 0 Å². The van der Waals surface area contributed by atoms with Crippen LogP contribution in [0.15, 0.2) is 82.2 Å². The fourth-order valence-electron chi connectivity index (χ4n) is 2.89. The summed E-state index contributed by atoms with van der Waals surface area (Å²) in [6.45, 7) is 0.424. The lowest BCUT2D eigenvalue weighted by Gasteiger charge is -2.15. The zero-order valence-electron chi connectivity index (χ0n) is 17.0. The van der Waals surface area contributed by atoms with Gasteiger partial charge in [0.1, 0.15) is 12.4 Å². The Balaban J connectivity index is 1.38. The van der Waals surface area contributed by atoms with E-state index in [0.29, 0.717) is 27.8 Å². The molecule has 0 aliphatic carbocycles. The maximum atomic E-state index is 12.8. The molecule has 3 aromatic carbocycles. The zero-order chi connectivity index (χ0) is 23.4. The van der Waals surface area contributed by atoms with Crippen molar-refractivity contribution in [3.8, 4) is 5.75 Å². The number of nitrogens with zero attached hydrogens (tertiary/aromatic N) is 1. The van der Waals surface area contributed by atoms with Gasteiger partial charge < -0.3 is 4.74 Å². The molecule has 0 radical (unpaired) electrons. The Bertz CT molecular complexity index is 1230. The monoisotopic (exact) mass is 558 g/mol. The van der Waals surface area contributed by atoms with Crippen molar-refractivity contribution >= 4 is 73.7 Å². The number of halogens is 2. The molecule has 0 atom stereocenters. The molecule has 1 saturated heterocycles. The predicted molar refractivity (Wildman–Crippen MR) is 139 cm³/mol. The first-order valence-corrected chi connectivity index (χ1v) is 12.1. The molecule has 9 heteroatoms. The van der Waals surface area contributed by atoms with Crippen LogP contribution in [0.25, 0.3) is 6.08 Å². The molecule has 0 unspecified atom stereocenters. The molecule has 1 fully saturated rings. The lowest BCUT2D eigenvalue weighted by molar-refractivity contribution is -0.123. The second kappa shape index (κ2) is 10.5. The SMILES string of the molecule is O=C(NN1C(=O)/C(=C/c2ccc(OCc3ccc(Cl)cc3)cc2)SC1=S)c1ccc(Br)cc1. The number of carbonyl (C=O) groups is 2. The van der Waals surface area contributed by atoms with Crippen LogP contribution in [-0.4, -0.2) is 21.1 Å². The highest BCUT2D eigenvalue weighted by Gasteiger charge is 2.33. The standard InChI is InChI=1S/C24H16BrClN2O3S2/c25-18-7-5-17(6-8-18)22(29)27-28-23(30)21(33-24(28)32)13-15-3-11-20(12-4-15)31-14-16-1-9-19(26)10-2-16/h1-13H,14H2,(H,27,29)/b21-13-. The maximum absolute atomic E-state index is 12.8. The van der Waals surface area contributed by atoms with Crippen LogP contribution in [0, 0.1) is 0 Å². The minimum atomic E-state index is -0.415. The summed E-state index contributed by atoms with van der Waals surface area (Å²) >= 11 is 15.6. The van der Waals surface area contributed by atoms with Crippen molar-refractivity contribution in [2.24, 2.45) is 0 Å². The Labute approximate surface area is 213 Å². The summed E-state index contributed by atoms with van der Waals surface area (Å²) in [5, 5.41) is 1.78. The molecule has 0 spiro atoms. The molecule has 1 N–H and O–H groups in total. The Kier molecular flexibility index (Phi) is 7.49. The Morgan fingerprint density at radius 3 is 2.39 bits per heavy atom. The first-order chi connectivity index (χ1) is 15.9. The van der Waals surface area contributed by atoms with Gasteiger partial charge in [-0.3, -0.25) is 15.0 Å². The van der Waals surface area contributed by atoms with Gasteiger partial charge in [-0.2, -0.15) is 5.01 Å². The minimum Gasteiger partial charge on any atom is -0.489 e. The number of benzene rings is 3. The van der Waals surface area contributed by atoms with Crippen LogP contribution in [0.5, 0.6) is 5.75 Å². The van der Waals surface area contributed by atoms with Crippen LogP contribution in [0.3, 0.4) is 0 Å². The van der Waals surface area contributed by atoms with E-state index in [9.17, 15) is 9.59 Å². The highest BCUT2D eigenvalue weighted by atomic mass is 79.9. The van der Waals surface area contributed by atoms with Crippen molar-refractivity contribution in [2.45, 2.75) is 6.61 Å². The molecule has 0 saturated carbocycles. The van der Waals surface area contributed by atoms with Gasteiger partial charge in [0.05, 0.1) is 4.91 Å². The van der Waals surface area contributed by atoms with E-state index in [1.807, 2.05) is 48.5 Å². The number of thiocarbonyl (C=S) groups is 1. The van der Waals surface area contributed by atoms with Crippen molar-refractivity contribution < 1.29 is 14.3 Å². The summed E-state index contributed by atoms with van der Waals surface area (Å²) in [4.78, 5) is 25.7. The third-order valence-electron chi connectivity index (χ3n) is 4.61. The van der Waals surface area contributed by atoms with E-state index in [0.717, 1.165) is 32.4 Å². The van der Waals surface area contributed by atoms with E-state index in [1.165, 1.54) is 0 Å². The molecule has 4 rings (SSSR count). The van der Waals surface area contributed by atoms with Crippen LogP contribution >= 0.6 is 51.5 Å². The largest absolute Gasteiger partial charge is 0.489 e. The number of rotatable bonds is 6. The first-order valence-electron chi connectivity index (χ1n) is 9.71. The summed E-state index contributed by atoms with van der Waals surface area (Å²) in [5.41, 5.74) is 4.82. The molecular weight excluding hydrogens is 544 g/mol. The number of hydrogen-bond donors (Lipinski definition) is 1. The van der Waals surface area contributed by atoms with Crippen molar-refractivity contribution in [1.82, 2.24) is 10.4 Å². The quantitative estimate of drug-likeness (QED) is 0.287. The number of amides is 2. The normalized spacial score (nSPS) is 14.6. The smallest absolute Gasteiger partial charge is 0.285 e.